The van der Waals surface area contributed by atoms with Crippen LogP contribution >= 0.6 is 0 Å². The Morgan fingerprint density at radius 3 is 2.50 bits per heavy atom. The molecule has 30 heavy (non-hydrogen) atoms. The predicted octanol–water partition coefficient (Wildman–Crippen LogP) is 4.18. The lowest BCUT2D eigenvalue weighted by Crippen LogP contribution is -2.30. The van der Waals surface area contributed by atoms with Crippen LogP contribution in [-0.2, 0) is 0 Å². The predicted molar refractivity (Wildman–Crippen MR) is 111 cm³/mol. The van der Waals surface area contributed by atoms with Crippen molar-refractivity contribution in [3.8, 4) is 11.5 Å². The van der Waals surface area contributed by atoms with E-state index in [0.717, 1.165) is 0 Å². The lowest BCUT2D eigenvalue weighted by Gasteiger charge is -2.10. The van der Waals surface area contributed by atoms with Crippen molar-refractivity contribution in [1.82, 2.24) is 15.5 Å². The number of pyridine rings is 1. The van der Waals surface area contributed by atoms with Gasteiger partial charge in [0, 0.05) is 17.3 Å². The highest BCUT2D eigenvalue weighted by atomic mass is 16.5. The highest BCUT2D eigenvalue weighted by Crippen LogP contribution is 2.28. The largest absolute Gasteiger partial charge is 0.463 e. The fourth-order valence-electron chi connectivity index (χ4n) is 3.07. The standard InChI is InChI=1S/C22H20N4O4/c1-12(2)23-20(27)14-6-8-15(9-7-14)24-21(28)16-11-17(18-5-4-10-29-18)25-22-19(16)13(3)26-30-22/h4-12H,1-3H3,(H,23,27)(H,24,28). The smallest absolute Gasteiger partial charge is 0.259 e. The number of anilines is 1. The molecule has 0 aliphatic rings. The van der Waals surface area contributed by atoms with Crippen molar-refractivity contribution in [2.75, 3.05) is 5.32 Å². The van der Waals surface area contributed by atoms with Gasteiger partial charge in [0.15, 0.2) is 5.76 Å². The van der Waals surface area contributed by atoms with Crippen LogP contribution in [0.5, 0.6) is 0 Å². The summed E-state index contributed by atoms with van der Waals surface area (Å²) in [6, 6.07) is 11.9. The highest BCUT2D eigenvalue weighted by Gasteiger charge is 2.20. The number of fused-ring (bicyclic) bond motifs is 1. The Bertz CT molecular complexity index is 1210. The van der Waals surface area contributed by atoms with Gasteiger partial charge in [-0.25, -0.2) is 4.98 Å². The Hall–Kier alpha value is -3.94. The number of hydrogen-bond acceptors (Lipinski definition) is 6. The summed E-state index contributed by atoms with van der Waals surface area (Å²) in [6.45, 7) is 5.54. The summed E-state index contributed by atoms with van der Waals surface area (Å²) in [5.74, 6) is 0.00307. The summed E-state index contributed by atoms with van der Waals surface area (Å²) in [7, 11) is 0. The van der Waals surface area contributed by atoms with E-state index in [-0.39, 0.29) is 23.6 Å². The molecular weight excluding hydrogens is 384 g/mol. The Morgan fingerprint density at radius 2 is 1.83 bits per heavy atom. The first-order valence-corrected chi connectivity index (χ1v) is 9.45. The van der Waals surface area contributed by atoms with E-state index >= 15 is 0 Å². The number of nitrogens with one attached hydrogen (secondary N) is 2. The van der Waals surface area contributed by atoms with E-state index in [2.05, 4.69) is 20.8 Å². The van der Waals surface area contributed by atoms with Gasteiger partial charge in [-0.05, 0) is 63.2 Å². The van der Waals surface area contributed by atoms with E-state index in [1.165, 1.54) is 6.26 Å². The zero-order valence-corrected chi connectivity index (χ0v) is 16.7. The normalized spacial score (nSPS) is 11.1. The molecule has 0 saturated heterocycles. The maximum atomic E-state index is 13.0. The Morgan fingerprint density at radius 1 is 1.07 bits per heavy atom. The van der Waals surface area contributed by atoms with Crippen LogP contribution in [0.2, 0.25) is 0 Å². The lowest BCUT2D eigenvalue weighted by atomic mass is 10.1. The van der Waals surface area contributed by atoms with Crippen LogP contribution in [0.4, 0.5) is 5.69 Å². The van der Waals surface area contributed by atoms with Crippen molar-refractivity contribution in [3.63, 3.8) is 0 Å². The average Bonchev–Trinajstić information content (AvgIpc) is 3.38. The summed E-state index contributed by atoms with van der Waals surface area (Å²) < 4.78 is 10.7. The van der Waals surface area contributed by atoms with Crippen LogP contribution in [0, 0.1) is 6.92 Å². The van der Waals surface area contributed by atoms with Gasteiger partial charge >= 0.3 is 0 Å². The van der Waals surface area contributed by atoms with Gasteiger partial charge < -0.3 is 19.6 Å². The molecule has 4 rings (SSSR count). The number of hydrogen-bond donors (Lipinski definition) is 2. The van der Waals surface area contributed by atoms with E-state index < -0.39 is 0 Å². The molecule has 152 valence electrons. The molecule has 8 nitrogen and oxygen atoms in total. The summed E-state index contributed by atoms with van der Waals surface area (Å²) in [6.07, 6.45) is 1.53. The molecule has 0 aliphatic heterocycles. The quantitative estimate of drug-likeness (QED) is 0.516. The molecular formula is C22H20N4O4. The fourth-order valence-corrected chi connectivity index (χ4v) is 3.07. The lowest BCUT2D eigenvalue weighted by molar-refractivity contribution is 0.0942. The number of nitrogens with zero attached hydrogens (tertiary/aromatic N) is 2. The highest BCUT2D eigenvalue weighted by molar-refractivity contribution is 6.13. The van der Waals surface area contributed by atoms with Gasteiger partial charge in [0.2, 0.25) is 0 Å². The van der Waals surface area contributed by atoms with Crippen LogP contribution in [0.3, 0.4) is 0 Å². The molecule has 8 heteroatoms. The molecule has 3 aromatic heterocycles. The number of benzene rings is 1. The topological polar surface area (TPSA) is 110 Å². The van der Waals surface area contributed by atoms with Gasteiger partial charge in [0.1, 0.15) is 5.69 Å². The minimum absolute atomic E-state index is 0.0427. The molecule has 4 aromatic rings. The Kier molecular flexibility index (Phi) is 5.05. The van der Waals surface area contributed by atoms with Gasteiger partial charge in [0.05, 0.1) is 22.9 Å². The van der Waals surface area contributed by atoms with Gasteiger partial charge in [-0.1, -0.05) is 5.16 Å². The van der Waals surface area contributed by atoms with E-state index in [1.54, 1.807) is 49.4 Å². The number of aromatic nitrogens is 2. The minimum Gasteiger partial charge on any atom is -0.463 e. The maximum absolute atomic E-state index is 13.0. The van der Waals surface area contributed by atoms with Gasteiger partial charge in [-0.15, -0.1) is 0 Å². The Balaban J connectivity index is 1.63. The van der Waals surface area contributed by atoms with Crippen LogP contribution in [-0.4, -0.2) is 28.0 Å². The summed E-state index contributed by atoms with van der Waals surface area (Å²) in [4.78, 5) is 29.5. The van der Waals surface area contributed by atoms with Crippen LogP contribution in [0.15, 0.2) is 57.7 Å². The van der Waals surface area contributed by atoms with Crippen molar-refractivity contribution in [1.29, 1.82) is 0 Å². The van der Waals surface area contributed by atoms with Gasteiger partial charge in [-0.2, -0.15) is 0 Å². The number of carbonyl (C=O) groups is 2. The maximum Gasteiger partial charge on any atom is 0.259 e. The van der Waals surface area contributed by atoms with E-state index in [4.69, 9.17) is 8.94 Å². The van der Waals surface area contributed by atoms with Crippen molar-refractivity contribution in [3.05, 3.63) is 65.5 Å². The molecule has 0 aliphatic carbocycles. The monoisotopic (exact) mass is 404 g/mol. The fraction of sp³-hybridized carbons (Fsp3) is 0.182. The summed E-state index contributed by atoms with van der Waals surface area (Å²) in [5, 5.41) is 10.1. The zero-order valence-electron chi connectivity index (χ0n) is 16.7. The summed E-state index contributed by atoms with van der Waals surface area (Å²) in [5.41, 5.74) is 2.73. The second kappa shape index (κ2) is 7.82. The number of furan rings is 1. The molecule has 1 aromatic carbocycles. The van der Waals surface area contributed by atoms with Gasteiger partial charge in [-0.3, -0.25) is 9.59 Å². The molecule has 0 radical (unpaired) electrons. The number of amides is 2. The van der Waals surface area contributed by atoms with Crippen LogP contribution in [0.1, 0.15) is 40.3 Å². The molecule has 0 spiro atoms. The van der Waals surface area contributed by atoms with Crippen molar-refractivity contribution >= 4 is 28.6 Å². The first kappa shape index (κ1) is 19.4. The van der Waals surface area contributed by atoms with E-state index in [1.807, 2.05) is 13.8 Å². The molecule has 2 amide bonds. The molecule has 2 N–H and O–H groups in total. The van der Waals surface area contributed by atoms with Gasteiger partial charge in [0.25, 0.3) is 17.5 Å². The molecule has 3 heterocycles. The second-order valence-corrected chi connectivity index (χ2v) is 7.14. The van der Waals surface area contributed by atoms with Crippen molar-refractivity contribution < 1.29 is 18.5 Å². The minimum atomic E-state index is -0.346. The summed E-state index contributed by atoms with van der Waals surface area (Å²) >= 11 is 0. The van der Waals surface area contributed by atoms with Crippen molar-refractivity contribution in [2.24, 2.45) is 0 Å². The molecule has 0 atom stereocenters. The molecule has 0 saturated carbocycles. The SMILES string of the molecule is Cc1noc2nc(-c3ccco3)cc(C(=O)Nc3ccc(C(=O)NC(C)C)cc3)c12. The number of rotatable bonds is 5. The first-order valence-electron chi connectivity index (χ1n) is 9.45. The average molecular weight is 404 g/mol. The molecule has 0 bridgehead atoms. The number of aryl methyl sites for hydroxylation is 1. The van der Waals surface area contributed by atoms with Crippen LogP contribution < -0.4 is 10.6 Å². The molecule has 0 unspecified atom stereocenters. The third kappa shape index (κ3) is 3.80. The zero-order chi connectivity index (χ0) is 21.3. The molecule has 0 fully saturated rings. The first-order chi connectivity index (χ1) is 14.4. The van der Waals surface area contributed by atoms with Crippen LogP contribution in [0.25, 0.3) is 22.6 Å². The Labute approximate surface area is 172 Å². The van der Waals surface area contributed by atoms with E-state index in [0.29, 0.717) is 39.3 Å². The second-order valence-electron chi connectivity index (χ2n) is 7.14. The third-order valence-corrected chi connectivity index (χ3v) is 4.46. The number of carbonyl (C=O) groups excluding carboxylic acids is 2. The third-order valence-electron chi connectivity index (χ3n) is 4.46. The van der Waals surface area contributed by atoms with E-state index in [9.17, 15) is 9.59 Å². The van der Waals surface area contributed by atoms with Crippen molar-refractivity contribution in [2.45, 2.75) is 26.8 Å².